The zero-order valence-corrected chi connectivity index (χ0v) is 10.0. The van der Waals surface area contributed by atoms with Crippen LogP contribution >= 0.6 is 0 Å². The Kier molecular flexibility index (Phi) is 2.59. The molecule has 2 aliphatic heterocycles. The summed E-state index contributed by atoms with van der Waals surface area (Å²) in [6.07, 6.45) is 0. The summed E-state index contributed by atoms with van der Waals surface area (Å²) in [5.41, 5.74) is 1.48. The van der Waals surface area contributed by atoms with E-state index in [4.69, 9.17) is 0 Å². The van der Waals surface area contributed by atoms with E-state index in [1.54, 1.807) is 0 Å². The van der Waals surface area contributed by atoms with Gasteiger partial charge < -0.3 is 10.2 Å². The van der Waals surface area contributed by atoms with E-state index in [-0.39, 0.29) is 5.91 Å². The van der Waals surface area contributed by atoms with E-state index in [1.165, 1.54) is 0 Å². The van der Waals surface area contributed by atoms with Crippen LogP contribution in [0.2, 0.25) is 0 Å². The van der Waals surface area contributed by atoms with Gasteiger partial charge in [-0.05, 0) is 30.9 Å². The maximum absolute atomic E-state index is 12.3. The van der Waals surface area contributed by atoms with Crippen LogP contribution in [0.15, 0.2) is 18.2 Å². The van der Waals surface area contributed by atoms with Gasteiger partial charge in [0.2, 0.25) is 0 Å². The molecule has 0 radical (unpaired) electrons. The molecule has 1 aromatic heterocycles. The van der Waals surface area contributed by atoms with Crippen LogP contribution < -0.4 is 5.32 Å². The lowest BCUT2D eigenvalue weighted by atomic mass is 10.0. The van der Waals surface area contributed by atoms with Crippen molar-refractivity contribution in [1.82, 2.24) is 15.2 Å². The van der Waals surface area contributed by atoms with Crippen LogP contribution in [0.3, 0.4) is 0 Å². The molecule has 3 heterocycles. The summed E-state index contributed by atoms with van der Waals surface area (Å²) in [4.78, 5) is 18.5. The number of aryl methyl sites for hydroxylation is 1. The fourth-order valence-electron chi connectivity index (χ4n) is 2.85. The summed E-state index contributed by atoms with van der Waals surface area (Å²) in [6, 6.07) is 5.62. The molecule has 4 heteroatoms. The fraction of sp³-hybridized carbons (Fsp3) is 0.538. The second kappa shape index (κ2) is 4.11. The Hall–Kier alpha value is -1.42. The molecule has 1 N–H and O–H groups in total. The van der Waals surface area contributed by atoms with Crippen LogP contribution in [0.4, 0.5) is 0 Å². The number of nitrogens with one attached hydrogen (secondary N) is 1. The van der Waals surface area contributed by atoms with Gasteiger partial charge in [-0.1, -0.05) is 6.07 Å². The largest absolute Gasteiger partial charge is 0.337 e. The first-order chi connectivity index (χ1) is 8.24. The zero-order chi connectivity index (χ0) is 11.8. The molecular weight excluding hydrogens is 214 g/mol. The SMILES string of the molecule is Cc1cccc(C(=O)N2CC3CNCC3C2)n1. The highest BCUT2D eigenvalue weighted by atomic mass is 16.2. The van der Waals surface area contributed by atoms with E-state index in [2.05, 4.69) is 10.3 Å². The van der Waals surface area contributed by atoms with Crippen molar-refractivity contribution in [3.05, 3.63) is 29.6 Å². The summed E-state index contributed by atoms with van der Waals surface area (Å²) in [5.74, 6) is 1.37. The highest BCUT2D eigenvalue weighted by molar-refractivity contribution is 5.92. The molecule has 0 aliphatic carbocycles. The number of hydrogen-bond acceptors (Lipinski definition) is 3. The number of carbonyl (C=O) groups is 1. The Balaban J connectivity index is 1.75. The number of rotatable bonds is 1. The first kappa shape index (κ1) is 10.7. The van der Waals surface area contributed by atoms with Crippen LogP contribution in [-0.4, -0.2) is 42.0 Å². The number of fused-ring (bicyclic) bond motifs is 1. The van der Waals surface area contributed by atoms with Gasteiger partial charge in [0.1, 0.15) is 5.69 Å². The maximum atomic E-state index is 12.3. The lowest BCUT2D eigenvalue weighted by Crippen LogP contribution is -2.32. The first-order valence-electron chi connectivity index (χ1n) is 6.17. The number of aromatic nitrogens is 1. The Bertz CT molecular complexity index is 434. The predicted octanol–water partition coefficient (Wildman–Crippen LogP) is 0.681. The van der Waals surface area contributed by atoms with E-state index in [0.29, 0.717) is 17.5 Å². The lowest BCUT2D eigenvalue weighted by Gasteiger charge is -2.17. The Morgan fingerprint density at radius 2 is 2.06 bits per heavy atom. The summed E-state index contributed by atoms with van der Waals surface area (Å²) in [7, 11) is 0. The molecule has 2 aliphatic rings. The van der Waals surface area contributed by atoms with Crippen molar-refractivity contribution in [2.75, 3.05) is 26.2 Å². The Morgan fingerprint density at radius 3 is 2.71 bits per heavy atom. The van der Waals surface area contributed by atoms with Crippen LogP contribution in [0.1, 0.15) is 16.2 Å². The van der Waals surface area contributed by atoms with Gasteiger partial charge in [0.25, 0.3) is 5.91 Å². The van der Waals surface area contributed by atoms with Crippen molar-refractivity contribution >= 4 is 5.91 Å². The van der Waals surface area contributed by atoms with Gasteiger partial charge in [-0.3, -0.25) is 4.79 Å². The van der Waals surface area contributed by atoms with Crippen molar-refractivity contribution < 1.29 is 4.79 Å². The van der Waals surface area contributed by atoms with Gasteiger partial charge in [-0.2, -0.15) is 0 Å². The van der Waals surface area contributed by atoms with Gasteiger partial charge in [-0.15, -0.1) is 0 Å². The van der Waals surface area contributed by atoms with E-state index in [1.807, 2.05) is 30.0 Å². The number of pyridine rings is 1. The van der Waals surface area contributed by atoms with E-state index in [9.17, 15) is 4.79 Å². The van der Waals surface area contributed by atoms with Crippen molar-refractivity contribution in [2.24, 2.45) is 11.8 Å². The topological polar surface area (TPSA) is 45.2 Å². The van der Waals surface area contributed by atoms with E-state index < -0.39 is 0 Å². The highest BCUT2D eigenvalue weighted by Crippen LogP contribution is 2.27. The number of amides is 1. The fourth-order valence-corrected chi connectivity index (χ4v) is 2.85. The van der Waals surface area contributed by atoms with Crippen molar-refractivity contribution in [2.45, 2.75) is 6.92 Å². The predicted molar refractivity (Wildman–Crippen MR) is 64.7 cm³/mol. The quantitative estimate of drug-likeness (QED) is 0.773. The average Bonchev–Trinajstić information content (AvgIpc) is 2.88. The van der Waals surface area contributed by atoms with Crippen LogP contribution in [0, 0.1) is 18.8 Å². The summed E-state index contributed by atoms with van der Waals surface area (Å²) in [5, 5.41) is 3.38. The minimum atomic E-state index is 0.0862. The van der Waals surface area contributed by atoms with Gasteiger partial charge in [0.05, 0.1) is 0 Å². The third-order valence-electron chi connectivity index (χ3n) is 3.78. The van der Waals surface area contributed by atoms with Crippen molar-refractivity contribution in [3.8, 4) is 0 Å². The molecule has 90 valence electrons. The van der Waals surface area contributed by atoms with E-state index in [0.717, 1.165) is 31.9 Å². The number of likely N-dealkylation sites (tertiary alicyclic amines) is 1. The molecule has 17 heavy (non-hydrogen) atoms. The second-order valence-electron chi connectivity index (χ2n) is 5.05. The number of carbonyl (C=O) groups excluding carboxylic acids is 1. The Labute approximate surface area is 101 Å². The van der Waals surface area contributed by atoms with E-state index >= 15 is 0 Å². The molecule has 3 rings (SSSR count). The maximum Gasteiger partial charge on any atom is 0.272 e. The average molecular weight is 231 g/mol. The molecule has 0 aromatic carbocycles. The van der Waals surface area contributed by atoms with Gasteiger partial charge in [-0.25, -0.2) is 4.98 Å². The number of nitrogens with zero attached hydrogens (tertiary/aromatic N) is 2. The summed E-state index contributed by atoms with van der Waals surface area (Å²) < 4.78 is 0. The summed E-state index contributed by atoms with van der Waals surface area (Å²) >= 11 is 0. The van der Waals surface area contributed by atoms with Crippen LogP contribution in [-0.2, 0) is 0 Å². The van der Waals surface area contributed by atoms with Gasteiger partial charge >= 0.3 is 0 Å². The molecule has 0 spiro atoms. The molecule has 2 atom stereocenters. The molecule has 1 amide bonds. The minimum absolute atomic E-state index is 0.0862. The highest BCUT2D eigenvalue weighted by Gasteiger charge is 2.38. The third kappa shape index (κ3) is 1.93. The van der Waals surface area contributed by atoms with Crippen molar-refractivity contribution in [1.29, 1.82) is 0 Å². The van der Waals surface area contributed by atoms with Gasteiger partial charge in [0.15, 0.2) is 0 Å². The normalized spacial score (nSPS) is 27.2. The molecular formula is C13H17N3O. The minimum Gasteiger partial charge on any atom is -0.337 e. The first-order valence-corrected chi connectivity index (χ1v) is 6.17. The molecule has 2 saturated heterocycles. The van der Waals surface area contributed by atoms with Crippen LogP contribution in [0.25, 0.3) is 0 Å². The standard InChI is InChI=1S/C13H17N3O/c1-9-3-2-4-12(15-9)13(17)16-7-10-5-14-6-11(10)8-16/h2-4,10-11,14H,5-8H2,1H3. The smallest absolute Gasteiger partial charge is 0.272 e. The Morgan fingerprint density at radius 1 is 1.35 bits per heavy atom. The zero-order valence-electron chi connectivity index (χ0n) is 10.0. The molecule has 2 unspecified atom stereocenters. The van der Waals surface area contributed by atoms with Gasteiger partial charge in [0, 0.05) is 31.9 Å². The van der Waals surface area contributed by atoms with Crippen molar-refractivity contribution in [3.63, 3.8) is 0 Å². The second-order valence-corrected chi connectivity index (χ2v) is 5.05. The number of hydrogen-bond donors (Lipinski definition) is 1. The molecule has 2 fully saturated rings. The molecule has 1 aromatic rings. The molecule has 4 nitrogen and oxygen atoms in total. The molecule has 0 bridgehead atoms. The lowest BCUT2D eigenvalue weighted by molar-refractivity contribution is 0.0775. The monoisotopic (exact) mass is 231 g/mol. The third-order valence-corrected chi connectivity index (χ3v) is 3.78. The van der Waals surface area contributed by atoms with Crippen LogP contribution in [0.5, 0.6) is 0 Å². The summed E-state index contributed by atoms with van der Waals surface area (Å²) in [6.45, 7) is 5.78. The molecule has 0 saturated carbocycles.